The molecule has 3 rings (SSSR count). The molecule has 9 heteroatoms. The van der Waals surface area contributed by atoms with E-state index in [1.807, 2.05) is 5.38 Å². The van der Waals surface area contributed by atoms with Crippen molar-refractivity contribution in [3.05, 3.63) is 22.4 Å². The fourth-order valence-electron chi connectivity index (χ4n) is 3.28. The number of carboxylic acids is 1. The molecule has 0 saturated carbocycles. The van der Waals surface area contributed by atoms with Gasteiger partial charge in [0.1, 0.15) is 23.0 Å². The fourth-order valence-corrected chi connectivity index (χ4v) is 5.62. The van der Waals surface area contributed by atoms with Gasteiger partial charge >= 0.3 is 5.97 Å². The zero-order chi connectivity index (χ0) is 17.9. The first kappa shape index (κ1) is 17.2. The summed E-state index contributed by atoms with van der Waals surface area (Å²) in [5.74, 6) is -1.86. The van der Waals surface area contributed by atoms with E-state index in [2.05, 4.69) is 5.32 Å². The molecule has 2 fully saturated rings. The Labute approximate surface area is 147 Å². The maximum Gasteiger partial charge on any atom is 0.327 e. The second kappa shape index (κ2) is 5.47. The summed E-state index contributed by atoms with van der Waals surface area (Å²) in [4.78, 5) is 37.9. The maximum absolute atomic E-state index is 12.6. The number of thiophene rings is 1. The topological polar surface area (TPSA) is 113 Å². The van der Waals surface area contributed by atoms with E-state index in [1.165, 1.54) is 28.0 Å². The average Bonchev–Trinajstić information content (AvgIpc) is 3.10. The van der Waals surface area contributed by atoms with E-state index in [-0.39, 0.29) is 5.91 Å². The molecule has 1 aromatic heterocycles. The molecule has 24 heavy (non-hydrogen) atoms. The molecule has 3 heterocycles. The Morgan fingerprint density at radius 2 is 2.08 bits per heavy atom. The second-order valence-corrected chi connectivity index (χ2v) is 9.27. The van der Waals surface area contributed by atoms with Crippen LogP contribution in [0, 0.1) is 0 Å². The summed E-state index contributed by atoms with van der Waals surface area (Å²) in [6.07, 6.45) is 0. The number of hydrogen-bond donors (Lipinski definition) is 3. The zero-order valence-corrected chi connectivity index (χ0v) is 15.1. The van der Waals surface area contributed by atoms with Crippen LogP contribution >= 0.6 is 23.1 Å². The van der Waals surface area contributed by atoms with Crippen LogP contribution in [0.4, 0.5) is 0 Å². The highest BCUT2D eigenvalue weighted by Crippen LogP contribution is 2.54. The zero-order valence-electron chi connectivity index (χ0n) is 13.5. The molecule has 7 nitrogen and oxygen atoms in total. The molecule has 1 aromatic rings. The van der Waals surface area contributed by atoms with Crippen molar-refractivity contribution in [3.63, 3.8) is 0 Å². The van der Waals surface area contributed by atoms with Crippen molar-refractivity contribution in [2.75, 3.05) is 0 Å². The molecule has 4 N–H and O–H groups in total. The number of β-lactam (4-membered cyclic amide) rings is 1. The smallest absolute Gasteiger partial charge is 0.327 e. The van der Waals surface area contributed by atoms with E-state index in [0.29, 0.717) is 5.56 Å². The number of nitrogens with zero attached hydrogens (tertiary/aromatic N) is 1. The van der Waals surface area contributed by atoms with Gasteiger partial charge in [-0.3, -0.25) is 9.59 Å². The van der Waals surface area contributed by atoms with Crippen molar-refractivity contribution in [1.82, 2.24) is 10.2 Å². The van der Waals surface area contributed by atoms with Crippen molar-refractivity contribution in [2.45, 2.75) is 48.5 Å². The first-order valence-corrected chi connectivity index (χ1v) is 9.25. The van der Waals surface area contributed by atoms with E-state index >= 15 is 0 Å². The molecule has 0 spiro atoms. The first-order valence-electron chi connectivity index (χ1n) is 7.42. The second-order valence-electron chi connectivity index (χ2n) is 6.75. The number of hydrogen-bond acceptors (Lipinski definition) is 6. The molecule has 0 radical (unpaired) electrons. The average molecular weight is 369 g/mol. The minimum absolute atomic E-state index is 0.385. The molecule has 2 aliphatic rings. The van der Waals surface area contributed by atoms with E-state index in [0.717, 1.165) is 0 Å². The summed E-state index contributed by atoms with van der Waals surface area (Å²) in [6.45, 7) is 5.21. The lowest BCUT2D eigenvalue weighted by Gasteiger charge is -2.51. The van der Waals surface area contributed by atoms with E-state index in [9.17, 15) is 19.5 Å². The summed E-state index contributed by atoms with van der Waals surface area (Å²) in [7, 11) is 0. The van der Waals surface area contributed by atoms with Crippen molar-refractivity contribution in [3.8, 4) is 0 Å². The Kier molecular flexibility index (Phi) is 3.93. The van der Waals surface area contributed by atoms with Crippen LogP contribution < -0.4 is 11.1 Å². The van der Waals surface area contributed by atoms with Gasteiger partial charge in [-0.25, -0.2) is 4.79 Å². The van der Waals surface area contributed by atoms with Crippen molar-refractivity contribution >= 4 is 40.9 Å². The van der Waals surface area contributed by atoms with Crippen LogP contribution in [0.1, 0.15) is 32.4 Å². The molecular weight excluding hydrogens is 350 g/mol. The first-order chi connectivity index (χ1) is 11.1. The number of carbonyl (C=O) groups is 3. The summed E-state index contributed by atoms with van der Waals surface area (Å²) in [5.41, 5.74) is 5.49. The van der Waals surface area contributed by atoms with Crippen molar-refractivity contribution in [1.29, 1.82) is 0 Å². The number of amides is 2. The predicted molar refractivity (Wildman–Crippen MR) is 91.5 cm³/mol. The quantitative estimate of drug-likeness (QED) is 0.676. The summed E-state index contributed by atoms with van der Waals surface area (Å²) in [6, 6.07) is 0.000157. The molecule has 2 amide bonds. The lowest BCUT2D eigenvalue weighted by molar-refractivity contribution is -0.168. The number of rotatable bonds is 4. The monoisotopic (exact) mass is 369 g/mol. The molecule has 2 unspecified atom stereocenters. The van der Waals surface area contributed by atoms with Gasteiger partial charge in [0.05, 0.1) is 0 Å². The lowest BCUT2D eigenvalue weighted by Crippen LogP contribution is -2.78. The van der Waals surface area contributed by atoms with Gasteiger partial charge in [-0.1, -0.05) is 0 Å². The number of carboxylic acid groups (broad SMARTS) is 1. The highest BCUT2D eigenvalue weighted by atomic mass is 32.2. The fraction of sp³-hybridized carbons (Fsp3) is 0.533. The third-order valence-electron chi connectivity index (χ3n) is 4.58. The molecule has 2 saturated heterocycles. The Morgan fingerprint density at radius 3 is 2.62 bits per heavy atom. The molecule has 130 valence electrons. The Hall–Kier alpha value is -1.58. The SMILES string of the molecule is CC1(C)S[C@H]2N(C(=O)C2(C)NC(=O)C(N)c2ccsc2)[C@H]1C(=O)O. The standard InChI is InChI=1S/C15H19N3O4S2/c1-14(2)9(11(20)21)18-12(22)15(3,13(18)24-14)17-10(19)8(16)7-4-5-23-6-7/h4-6,8-9,13H,16H2,1-3H3,(H,17,19)(H,20,21)/t8?,9-,13+,15?/m0/s1. The van der Waals surface area contributed by atoms with Crippen LogP contribution in [-0.2, 0) is 14.4 Å². The van der Waals surface area contributed by atoms with Gasteiger partial charge in [-0.15, -0.1) is 11.8 Å². The number of fused-ring (bicyclic) bond motifs is 1. The van der Waals surface area contributed by atoms with Crippen molar-refractivity contribution in [2.24, 2.45) is 5.73 Å². The van der Waals surface area contributed by atoms with Crippen LogP contribution in [0.2, 0.25) is 0 Å². The Bertz CT molecular complexity index is 706. The van der Waals surface area contributed by atoms with Gasteiger partial charge < -0.3 is 21.1 Å². The van der Waals surface area contributed by atoms with Crippen LogP contribution in [0.25, 0.3) is 0 Å². The van der Waals surface area contributed by atoms with E-state index in [1.54, 1.807) is 32.2 Å². The van der Waals surface area contributed by atoms with Gasteiger partial charge in [0, 0.05) is 4.75 Å². The van der Waals surface area contributed by atoms with Gasteiger partial charge in [0.15, 0.2) is 0 Å². The third-order valence-corrected chi connectivity index (χ3v) is 7.03. The van der Waals surface area contributed by atoms with Crippen LogP contribution in [0.15, 0.2) is 16.8 Å². The Balaban J connectivity index is 1.79. The van der Waals surface area contributed by atoms with Gasteiger partial charge in [0.25, 0.3) is 5.91 Å². The van der Waals surface area contributed by atoms with Crippen LogP contribution in [0.3, 0.4) is 0 Å². The number of nitrogens with one attached hydrogen (secondary N) is 1. The Morgan fingerprint density at radius 1 is 1.42 bits per heavy atom. The summed E-state index contributed by atoms with van der Waals surface area (Å²) >= 11 is 2.82. The van der Waals surface area contributed by atoms with E-state index < -0.39 is 39.6 Å². The molecular formula is C15H19N3O4S2. The normalized spacial score (nSPS) is 32.0. The number of nitrogens with two attached hydrogens (primary N) is 1. The van der Waals surface area contributed by atoms with E-state index in [4.69, 9.17) is 5.73 Å². The predicted octanol–water partition coefficient (Wildman–Crippen LogP) is 0.770. The largest absolute Gasteiger partial charge is 0.480 e. The highest BCUT2D eigenvalue weighted by molar-refractivity contribution is 8.01. The third kappa shape index (κ3) is 2.34. The summed E-state index contributed by atoms with van der Waals surface area (Å²) in [5, 5.41) is 15.4. The van der Waals surface area contributed by atoms with Gasteiger partial charge in [-0.2, -0.15) is 11.3 Å². The van der Waals surface area contributed by atoms with Crippen molar-refractivity contribution < 1.29 is 19.5 Å². The highest BCUT2D eigenvalue weighted by Gasteiger charge is 2.70. The van der Waals surface area contributed by atoms with Crippen LogP contribution in [-0.4, -0.2) is 49.5 Å². The number of carbonyl (C=O) groups excluding carboxylic acids is 2. The molecule has 0 bridgehead atoms. The molecule has 0 aromatic carbocycles. The van der Waals surface area contributed by atoms with Gasteiger partial charge in [0.2, 0.25) is 5.91 Å². The molecule has 4 atom stereocenters. The molecule has 0 aliphatic carbocycles. The van der Waals surface area contributed by atoms with Gasteiger partial charge in [-0.05, 0) is 43.2 Å². The number of aliphatic carboxylic acids is 1. The number of thioether (sulfide) groups is 1. The minimum atomic E-state index is -1.14. The minimum Gasteiger partial charge on any atom is -0.480 e. The lowest BCUT2D eigenvalue weighted by atomic mass is 9.86. The van der Waals surface area contributed by atoms with Crippen LogP contribution in [0.5, 0.6) is 0 Å². The molecule has 2 aliphatic heterocycles. The maximum atomic E-state index is 12.6. The summed E-state index contributed by atoms with van der Waals surface area (Å²) < 4.78 is -0.635.